The number of hydrogen-bond donors (Lipinski definition) is 1. The largest absolute Gasteiger partial charge is 0.375 e. The highest BCUT2D eigenvalue weighted by molar-refractivity contribution is 5.92. The molecule has 0 unspecified atom stereocenters. The summed E-state index contributed by atoms with van der Waals surface area (Å²) in [5, 5.41) is 7.11. The summed E-state index contributed by atoms with van der Waals surface area (Å²) in [4.78, 5) is 12.6. The van der Waals surface area contributed by atoms with Crippen LogP contribution in [0.15, 0.2) is 4.52 Å². The molecule has 1 aromatic heterocycles. The van der Waals surface area contributed by atoms with Gasteiger partial charge in [-0.25, -0.2) is 0 Å². The van der Waals surface area contributed by atoms with Gasteiger partial charge >= 0.3 is 0 Å². The topological polar surface area (TPSA) is 64.4 Å². The first-order valence-corrected chi connectivity index (χ1v) is 8.68. The van der Waals surface area contributed by atoms with Crippen molar-refractivity contribution in [2.45, 2.75) is 69.8 Å². The number of carbonyl (C=O) groups is 1. The fourth-order valence-corrected chi connectivity index (χ4v) is 4.32. The number of rotatable bonds is 2. The number of ether oxygens (including phenoxy) is 1. The molecular formula is C17H24N2O3. The van der Waals surface area contributed by atoms with Gasteiger partial charge in [-0.1, -0.05) is 18.0 Å². The highest BCUT2D eigenvalue weighted by Gasteiger charge is 2.42. The van der Waals surface area contributed by atoms with E-state index in [1.807, 2.05) is 0 Å². The van der Waals surface area contributed by atoms with E-state index in [0.717, 1.165) is 62.7 Å². The summed E-state index contributed by atoms with van der Waals surface area (Å²) >= 11 is 0. The van der Waals surface area contributed by atoms with Crippen LogP contribution in [0.4, 0.5) is 5.82 Å². The number of fused-ring (bicyclic) bond motifs is 1. The van der Waals surface area contributed by atoms with Crippen molar-refractivity contribution in [2.24, 2.45) is 5.92 Å². The van der Waals surface area contributed by atoms with Gasteiger partial charge < -0.3 is 14.6 Å². The molecule has 1 saturated carbocycles. The predicted octanol–water partition coefficient (Wildman–Crippen LogP) is 3.23. The molecule has 2 aliphatic carbocycles. The number of aryl methyl sites for hydroxylation is 1. The molecule has 1 spiro atoms. The van der Waals surface area contributed by atoms with Gasteiger partial charge in [0.25, 0.3) is 0 Å². The van der Waals surface area contributed by atoms with Gasteiger partial charge in [0, 0.05) is 24.5 Å². The van der Waals surface area contributed by atoms with Crippen molar-refractivity contribution in [1.29, 1.82) is 0 Å². The zero-order chi connectivity index (χ0) is 15.0. The van der Waals surface area contributed by atoms with E-state index in [1.165, 1.54) is 12.8 Å². The SMILES string of the molecule is O=C(Nc1noc2c1CCCC2)[C@H]1CCOC2(CCCC2)C1. The van der Waals surface area contributed by atoms with E-state index in [4.69, 9.17) is 9.26 Å². The van der Waals surface area contributed by atoms with E-state index >= 15 is 0 Å². The van der Waals surface area contributed by atoms with Gasteiger partial charge in [0.05, 0.1) is 5.60 Å². The Morgan fingerprint density at radius 2 is 2.00 bits per heavy atom. The Labute approximate surface area is 130 Å². The molecule has 0 aromatic carbocycles. The monoisotopic (exact) mass is 304 g/mol. The van der Waals surface area contributed by atoms with Crippen LogP contribution >= 0.6 is 0 Å². The van der Waals surface area contributed by atoms with Gasteiger partial charge in [-0.15, -0.1) is 0 Å². The molecule has 1 atom stereocenters. The molecule has 5 nitrogen and oxygen atoms in total. The van der Waals surface area contributed by atoms with Gasteiger partial charge in [-0.05, 0) is 44.9 Å². The number of aromatic nitrogens is 1. The van der Waals surface area contributed by atoms with E-state index in [1.54, 1.807) is 0 Å². The van der Waals surface area contributed by atoms with Crippen molar-refractivity contribution in [2.75, 3.05) is 11.9 Å². The van der Waals surface area contributed by atoms with Crippen molar-refractivity contribution in [3.8, 4) is 0 Å². The van der Waals surface area contributed by atoms with Crippen LogP contribution in [0.2, 0.25) is 0 Å². The minimum atomic E-state index is -0.0243. The van der Waals surface area contributed by atoms with Crippen LogP contribution in [0.3, 0.4) is 0 Å². The fourth-order valence-electron chi connectivity index (χ4n) is 4.32. The maximum Gasteiger partial charge on any atom is 0.228 e. The Balaban J connectivity index is 1.44. The van der Waals surface area contributed by atoms with E-state index in [2.05, 4.69) is 10.5 Å². The molecular weight excluding hydrogens is 280 g/mol. The second kappa shape index (κ2) is 5.69. The van der Waals surface area contributed by atoms with Gasteiger partial charge in [0.2, 0.25) is 5.91 Å². The molecule has 4 rings (SSSR count). The average molecular weight is 304 g/mol. The predicted molar refractivity (Wildman–Crippen MR) is 81.6 cm³/mol. The number of carbonyl (C=O) groups excluding carboxylic acids is 1. The smallest absolute Gasteiger partial charge is 0.228 e. The summed E-state index contributed by atoms with van der Waals surface area (Å²) < 4.78 is 11.4. The van der Waals surface area contributed by atoms with Gasteiger partial charge in [-0.3, -0.25) is 4.79 Å². The molecule has 1 aliphatic heterocycles. The third-order valence-corrected chi connectivity index (χ3v) is 5.57. The normalized spacial score (nSPS) is 26.8. The Kier molecular flexibility index (Phi) is 3.68. The van der Waals surface area contributed by atoms with Crippen LogP contribution in [-0.4, -0.2) is 23.3 Å². The second-order valence-corrected chi connectivity index (χ2v) is 7.06. The van der Waals surface area contributed by atoms with Crippen molar-refractivity contribution in [3.63, 3.8) is 0 Å². The van der Waals surface area contributed by atoms with E-state index in [9.17, 15) is 4.79 Å². The van der Waals surface area contributed by atoms with Crippen molar-refractivity contribution in [1.82, 2.24) is 5.16 Å². The first kappa shape index (κ1) is 14.2. The molecule has 2 heterocycles. The molecule has 0 radical (unpaired) electrons. The lowest BCUT2D eigenvalue weighted by atomic mass is 9.84. The average Bonchev–Trinajstić information content (AvgIpc) is 3.15. The molecule has 1 amide bonds. The first-order chi connectivity index (χ1) is 10.8. The van der Waals surface area contributed by atoms with Crippen molar-refractivity contribution in [3.05, 3.63) is 11.3 Å². The summed E-state index contributed by atoms with van der Waals surface area (Å²) in [6.07, 6.45) is 10.6. The van der Waals surface area contributed by atoms with Crippen LogP contribution in [-0.2, 0) is 22.4 Å². The number of nitrogens with one attached hydrogen (secondary N) is 1. The molecule has 5 heteroatoms. The minimum Gasteiger partial charge on any atom is -0.375 e. The third-order valence-electron chi connectivity index (χ3n) is 5.57. The standard InChI is InChI=1S/C17H24N2O3/c20-16(12-7-10-21-17(11-12)8-3-4-9-17)18-15-13-5-1-2-6-14(13)22-19-15/h12H,1-11H2,(H,18,19,20)/t12-/m0/s1. The van der Waals surface area contributed by atoms with Crippen LogP contribution in [0.5, 0.6) is 0 Å². The van der Waals surface area contributed by atoms with Crippen LogP contribution < -0.4 is 5.32 Å². The molecule has 1 aromatic rings. The Morgan fingerprint density at radius 1 is 1.18 bits per heavy atom. The molecule has 1 N–H and O–H groups in total. The van der Waals surface area contributed by atoms with E-state index in [-0.39, 0.29) is 17.4 Å². The quantitative estimate of drug-likeness (QED) is 0.911. The summed E-state index contributed by atoms with van der Waals surface area (Å²) in [7, 11) is 0. The Bertz CT molecular complexity index is 560. The summed E-state index contributed by atoms with van der Waals surface area (Å²) in [6, 6.07) is 0. The summed E-state index contributed by atoms with van der Waals surface area (Å²) in [5.74, 6) is 1.76. The fraction of sp³-hybridized carbons (Fsp3) is 0.765. The zero-order valence-corrected chi connectivity index (χ0v) is 13.0. The van der Waals surface area contributed by atoms with E-state index in [0.29, 0.717) is 12.4 Å². The van der Waals surface area contributed by atoms with Gasteiger partial charge in [0.1, 0.15) is 5.76 Å². The first-order valence-electron chi connectivity index (χ1n) is 8.68. The molecule has 120 valence electrons. The summed E-state index contributed by atoms with van der Waals surface area (Å²) in [5.41, 5.74) is 1.09. The molecule has 0 bridgehead atoms. The van der Waals surface area contributed by atoms with Gasteiger partial charge in [0.15, 0.2) is 5.82 Å². The number of nitrogens with zero attached hydrogens (tertiary/aromatic N) is 1. The maximum absolute atomic E-state index is 12.6. The maximum atomic E-state index is 12.6. The number of hydrogen-bond acceptors (Lipinski definition) is 4. The Morgan fingerprint density at radius 3 is 2.86 bits per heavy atom. The molecule has 1 saturated heterocycles. The highest BCUT2D eigenvalue weighted by Crippen LogP contribution is 2.42. The van der Waals surface area contributed by atoms with Crippen molar-refractivity contribution < 1.29 is 14.1 Å². The Hall–Kier alpha value is -1.36. The lowest BCUT2D eigenvalue weighted by molar-refractivity contribution is -0.133. The number of amides is 1. The van der Waals surface area contributed by atoms with Crippen LogP contribution in [0.25, 0.3) is 0 Å². The van der Waals surface area contributed by atoms with E-state index < -0.39 is 0 Å². The van der Waals surface area contributed by atoms with Gasteiger partial charge in [-0.2, -0.15) is 0 Å². The molecule has 3 aliphatic rings. The van der Waals surface area contributed by atoms with Crippen LogP contribution in [0, 0.1) is 5.92 Å². The van der Waals surface area contributed by atoms with Crippen LogP contribution in [0.1, 0.15) is 62.7 Å². The van der Waals surface area contributed by atoms with Crippen molar-refractivity contribution >= 4 is 11.7 Å². The lowest BCUT2D eigenvalue weighted by Crippen LogP contribution is -2.41. The third kappa shape index (κ3) is 2.56. The highest BCUT2D eigenvalue weighted by atomic mass is 16.5. The second-order valence-electron chi connectivity index (χ2n) is 7.06. The zero-order valence-electron chi connectivity index (χ0n) is 13.0. The summed E-state index contributed by atoms with van der Waals surface area (Å²) in [6.45, 7) is 0.703. The molecule has 2 fully saturated rings. The minimum absolute atomic E-state index is 0.0243. The molecule has 22 heavy (non-hydrogen) atoms. The lowest BCUT2D eigenvalue weighted by Gasteiger charge is -2.37. The number of anilines is 1.